The lowest BCUT2D eigenvalue weighted by atomic mass is 10.3. The fraction of sp³-hybridized carbons (Fsp3) is 0.100. The van der Waals surface area contributed by atoms with E-state index < -0.39 is 0 Å². The molecule has 0 fully saturated rings. The number of hydrogen-bond acceptors (Lipinski definition) is 3. The highest BCUT2D eigenvalue weighted by molar-refractivity contribution is 6.32. The molecule has 0 spiro atoms. The third-order valence-electron chi connectivity index (χ3n) is 2.38. The Morgan fingerprint density at radius 3 is 2.81 bits per heavy atom. The topological polar surface area (TPSA) is 43.1 Å². The quantitative estimate of drug-likeness (QED) is 0.626. The summed E-state index contributed by atoms with van der Waals surface area (Å²) in [7, 11) is 0. The molecule has 80 valence electrons. The molecule has 1 aromatic carbocycles. The molecule has 3 rings (SSSR count). The van der Waals surface area contributed by atoms with E-state index in [0.717, 1.165) is 11.0 Å². The van der Waals surface area contributed by atoms with Gasteiger partial charge in [0.1, 0.15) is 0 Å². The predicted molar refractivity (Wildman–Crippen MR) is 62.9 cm³/mol. The molecule has 0 bridgehead atoms. The normalized spacial score (nSPS) is 11.4. The Morgan fingerprint density at radius 2 is 2.00 bits per heavy atom. The number of benzene rings is 1. The van der Waals surface area contributed by atoms with Gasteiger partial charge in [-0.25, -0.2) is 4.98 Å². The van der Waals surface area contributed by atoms with Gasteiger partial charge in [-0.2, -0.15) is 0 Å². The Balaban J connectivity index is 2.59. The molecule has 0 aliphatic heterocycles. The van der Waals surface area contributed by atoms with Gasteiger partial charge >= 0.3 is 0 Å². The Bertz CT molecular complexity index is 677. The van der Waals surface area contributed by atoms with Crippen LogP contribution in [0.3, 0.4) is 0 Å². The molecule has 2 aromatic heterocycles. The van der Waals surface area contributed by atoms with Crippen molar-refractivity contribution in [1.82, 2.24) is 19.6 Å². The molecule has 0 aliphatic rings. The molecule has 0 radical (unpaired) electrons. The van der Waals surface area contributed by atoms with Gasteiger partial charge in [0.15, 0.2) is 16.6 Å². The van der Waals surface area contributed by atoms with E-state index in [-0.39, 0.29) is 5.88 Å². The van der Waals surface area contributed by atoms with E-state index >= 15 is 0 Å². The van der Waals surface area contributed by atoms with E-state index in [0.29, 0.717) is 16.6 Å². The fourth-order valence-corrected chi connectivity index (χ4v) is 2.08. The monoisotopic (exact) mass is 252 g/mol. The Kier molecular flexibility index (Phi) is 2.19. The fourth-order valence-electron chi connectivity index (χ4n) is 1.69. The Hall–Kier alpha value is -1.39. The van der Waals surface area contributed by atoms with Crippen molar-refractivity contribution in [3.63, 3.8) is 0 Å². The van der Waals surface area contributed by atoms with Crippen molar-refractivity contribution < 1.29 is 0 Å². The average Bonchev–Trinajstić information content (AvgIpc) is 2.74. The van der Waals surface area contributed by atoms with Crippen LogP contribution in [0.4, 0.5) is 0 Å². The maximum Gasteiger partial charge on any atom is 0.199 e. The van der Waals surface area contributed by atoms with Crippen LogP contribution >= 0.6 is 23.2 Å². The third kappa shape index (κ3) is 1.27. The van der Waals surface area contributed by atoms with E-state index in [1.165, 1.54) is 0 Å². The lowest BCUT2D eigenvalue weighted by molar-refractivity contribution is 1.00. The molecule has 0 atom stereocenters. The van der Waals surface area contributed by atoms with Gasteiger partial charge in [0.25, 0.3) is 0 Å². The maximum absolute atomic E-state index is 6.03. The van der Waals surface area contributed by atoms with Crippen molar-refractivity contribution in [2.75, 3.05) is 0 Å². The van der Waals surface area contributed by atoms with Crippen LogP contribution in [0.5, 0.6) is 0 Å². The van der Waals surface area contributed by atoms with Crippen LogP contribution < -0.4 is 0 Å². The van der Waals surface area contributed by atoms with E-state index in [2.05, 4.69) is 15.2 Å². The highest BCUT2D eigenvalue weighted by Crippen LogP contribution is 2.21. The Morgan fingerprint density at radius 1 is 1.19 bits per heavy atom. The van der Waals surface area contributed by atoms with Crippen molar-refractivity contribution in [3.05, 3.63) is 35.2 Å². The second-order valence-electron chi connectivity index (χ2n) is 3.30. The molecule has 3 aromatic rings. The first-order chi connectivity index (χ1) is 7.81. The second kappa shape index (κ2) is 3.57. The minimum absolute atomic E-state index is 0.283. The Labute approximate surface area is 101 Å². The molecular weight excluding hydrogens is 247 g/mol. The van der Waals surface area contributed by atoms with E-state index in [9.17, 15) is 0 Å². The molecular formula is C10H6Cl2N4. The van der Waals surface area contributed by atoms with E-state index in [1.807, 2.05) is 28.7 Å². The van der Waals surface area contributed by atoms with Crippen LogP contribution in [0, 0.1) is 0 Å². The van der Waals surface area contributed by atoms with Gasteiger partial charge in [-0.05, 0) is 12.1 Å². The summed E-state index contributed by atoms with van der Waals surface area (Å²) in [5.74, 6) is 0.947. The van der Waals surface area contributed by atoms with Crippen LogP contribution in [-0.4, -0.2) is 19.6 Å². The number of fused-ring (bicyclic) bond motifs is 3. The molecule has 0 amide bonds. The molecule has 6 heteroatoms. The summed E-state index contributed by atoms with van der Waals surface area (Å²) >= 11 is 11.8. The molecule has 0 saturated carbocycles. The smallest absolute Gasteiger partial charge is 0.199 e. The summed E-state index contributed by atoms with van der Waals surface area (Å²) < 4.78 is 1.83. The number of para-hydroxylation sites is 2. The van der Waals surface area contributed by atoms with Crippen LogP contribution in [0.2, 0.25) is 5.15 Å². The van der Waals surface area contributed by atoms with Crippen molar-refractivity contribution in [2.45, 2.75) is 5.88 Å². The number of rotatable bonds is 1. The largest absolute Gasteiger partial charge is 0.274 e. The zero-order valence-corrected chi connectivity index (χ0v) is 9.57. The van der Waals surface area contributed by atoms with Gasteiger partial charge in [-0.15, -0.1) is 21.8 Å². The minimum Gasteiger partial charge on any atom is -0.274 e. The van der Waals surface area contributed by atoms with Gasteiger partial charge in [-0.1, -0.05) is 23.7 Å². The second-order valence-corrected chi connectivity index (χ2v) is 3.93. The van der Waals surface area contributed by atoms with Crippen LogP contribution in [0.1, 0.15) is 5.82 Å². The van der Waals surface area contributed by atoms with Gasteiger partial charge < -0.3 is 0 Å². The molecule has 4 nitrogen and oxygen atoms in total. The van der Waals surface area contributed by atoms with Crippen LogP contribution in [0.25, 0.3) is 16.7 Å². The number of alkyl halides is 1. The first-order valence-corrected chi connectivity index (χ1v) is 5.56. The van der Waals surface area contributed by atoms with Gasteiger partial charge in [0.05, 0.1) is 16.9 Å². The molecule has 0 saturated heterocycles. The minimum atomic E-state index is 0.283. The molecule has 2 heterocycles. The zero-order valence-electron chi connectivity index (χ0n) is 8.06. The summed E-state index contributed by atoms with van der Waals surface area (Å²) in [5, 5.41) is 8.29. The number of hydrogen-bond donors (Lipinski definition) is 0. The summed E-state index contributed by atoms with van der Waals surface area (Å²) in [6, 6.07) is 7.65. The molecule has 0 N–H and O–H groups in total. The van der Waals surface area contributed by atoms with Crippen molar-refractivity contribution >= 4 is 39.9 Å². The highest BCUT2D eigenvalue weighted by atomic mass is 35.5. The number of halogens is 2. The van der Waals surface area contributed by atoms with Gasteiger partial charge in [0, 0.05) is 0 Å². The summed E-state index contributed by atoms with van der Waals surface area (Å²) in [6.07, 6.45) is 0. The molecule has 0 aliphatic carbocycles. The zero-order chi connectivity index (χ0) is 11.1. The lowest BCUT2D eigenvalue weighted by Gasteiger charge is -2.03. The number of aromatic nitrogens is 4. The summed E-state index contributed by atoms with van der Waals surface area (Å²) in [4.78, 5) is 4.25. The van der Waals surface area contributed by atoms with Crippen LogP contribution in [0.15, 0.2) is 24.3 Å². The number of nitrogens with zero attached hydrogens (tertiary/aromatic N) is 4. The van der Waals surface area contributed by atoms with Crippen molar-refractivity contribution in [2.24, 2.45) is 0 Å². The standard InChI is InChI=1S/C10H6Cl2N4/c11-5-8-14-15-10-9(12)13-6-3-1-2-4-7(6)16(8)10/h1-4H,5H2. The van der Waals surface area contributed by atoms with Crippen LogP contribution in [-0.2, 0) is 5.88 Å². The van der Waals surface area contributed by atoms with Crippen molar-refractivity contribution in [1.29, 1.82) is 0 Å². The third-order valence-corrected chi connectivity index (χ3v) is 2.87. The van der Waals surface area contributed by atoms with Gasteiger partial charge in [-0.3, -0.25) is 4.40 Å². The first-order valence-electron chi connectivity index (χ1n) is 4.65. The van der Waals surface area contributed by atoms with Gasteiger partial charge in [0.2, 0.25) is 0 Å². The SMILES string of the molecule is ClCc1nnc2c(Cl)nc3ccccc3n12. The van der Waals surface area contributed by atoms with E-state index in [1.54, 1.807) is 0 Å². The van der Waals surface area contributed by atoms with E-state index in [4.69, 9.17) is 23.2 Å². The lowest BCUT2D eigenvalue weighted by Crippen LogP contribution is -1.96. The molecule has 16 heavy (non-hydrogen) atoms. The predicted octanol–water partition coefficient (Wildman–Crippen LogP) is 2.67. The summed E-state index contributed by atoms with van der Waals surface area (Å²) in [5.41, 5.74) is 2.24. The average molecular weight is 253 g/mol. The first kappa shape index (κ1) is 9.81. The maximum atomic E-state index is 6.03. The highest BCUT2D eigenvalue weighted by Gasteiger charge is 2.12. The summed E-state index contributed by atoms with van der Waals surface area (Å²) in [6.45, 7) is 0. The molecule has 0 unspecified atom stereocenters. The van der Waals surface area contributed by atoms with Crippen molar-refractivity contribution in [3.8, 4) is 0 Å².